The van der Waals surface area contributed by atoms with Crippen molar-refractivity contribution >= 4 is 29.0 Å². The second-order valence-corrected chi connectivity index (χ2v) is 6.38. The summed E-state index contributed by atoms with van der Waals surface area (Å²) in [5.41, 5.74) is -2.96. The summed E-state index contributed by atoms with van der Waals surface area (Å²) in [5.74, 6) is -1.29. The topological polar surface area (TPSA) is 61.4 Å². The van der Waals surface area contributed by atoms with E-state index in [0.717, 1.165) is 0 Å². The zero-order valence-corrected chi connectivity index (χ0v) is 15.3. The Bertz CT molecular complexity index is 852. The summed E-state index contributed by atoms with van der Waals surface area (Å²) < 4.78 is 77.5. The fraction of sp³-hybridized carbons (Fsp3) is 0.222. The van der Waals surface area contributed by atoms with E-state index in [1.54, 1.807) is 30.3 Å². The van der Waals surface area contributed by atoms with Gasteiger partial charge in [-0.1, -0.05) is 30.3 Å². The molecule has 2 rings (SSSR count). The van der Waals surface area contributed by atoms with Crippen molar-refractivity contribution in [2.24, 2.45) is 0 Å². The van der Waals surface area contributed by atoms with Gasteiger partial charge in [0.05, 0.1) is 11.1 Å². The minimum Gasteiger partial charge on any atom is -0.480 e. The predicted molar refractivity (Wildman–Crippen MR) is 97.4 cm³/mol. The number of hydrogen-bond donors (Lipinski definition) is 3. The lowest BCUT2D eigenvalue weighted by Gasteiger charge is -2.19. The number of alkyl halides is 6. The van der Waals surface area contributed by atoms with Crippen molar-refractivity contribution < 1.29 is 36.2 Å². The molecule has 0 fully saturated rings. The number of benzene rings is 2. The third kappa shape index (κ3) is 6.63. The van der Waals surface area contributed by atoms with E-state index < -0.39 is 46.3 Å². The van der Waals surface area contributed by atoms with Crippen LogP contribution in [0.5, 0.6) is 0 Å². The summed E-state index contributed by atoms with van der Waals surface area (Å²) in [5, 5.41) is 13.5. The third-order valence-electron chi connectivity index (χ3n) is 3.73. The molecule has 156 valence electrons. The molecule has 4 nitrogen and oxygen atoms in total. The normalized spacial score (nSPS) is 12.9. The first-order valence-corrected chi connectivity index (χ1v) is 8.41. The molecular weight excluding hydrogens is 422 g/mol. The Morgan fingerprint density at radius 3 is 1.93 bits per heavy atom. The Labute approximate surface area is 166 Å². The first kappa shape index (κ1) is 22.5. The van der Waals surface area contributed by atoms with E-state index in [2.05, 4.69) is 10.6 Å². The van der Waals surface area contributed by atoms with Crippen LogP contribution in [0.25, 0.3) is 0 Å². The molecule has 0 aliphatic heterocycles. The molecule has 0 amide bonds. The number of rotatable bonds is 5. The van der Waals surface area contributed by atoms with Crippen LogP contribution in [-0.4, -0.2) is 22.2 Å². The minimum absolute atomic E-state index is 0.00557. The van der Waals surface area contributed by atoms with Crippen LogP contribution >= 0.6 is 12.2 Å². The Morgan fingerprint density at radius 1 is 0.966 bits per heavy atom. The number of hydrogen-bond acceptors (Lipinski definition) is 2. The number of carboxylic acids is 1. The first-order valence-electron chi connectivity index (χ1n) is 8.00. The fourth-order valence-electron chi connectivity index (χ4n) is 2.40. The summed E-state index contributed by atoms with van der Waals surface area (Å²) in [6.45, 7) is 0. The molecule has 0 aliphatic rings. The lowest BCUT2D eigenvalue weighted by molar-refractivity contribution is -0.143. The van der Waals surface area contributed by atoms with E-state index in [1.807, 2.05) is 0 Å². The number of carboxylic acid groups (broad SMARTS) is 1. The molecular formula is C18H14F6N2O2S. The fourth-order valence-corrected chi connectivity index (χ4v) is 2.66. The van der Waals surface area contributed by atoms with Crippen LogP contribution in [0.4, 0.5) is 32.0 Å². The number of anilines is 1. The highest BCUT2D eigenvalue weighted by atomic mass is 32.1. The summed E-state index contributed by atoms with van der Waals surface area (Å²) in [6, 6.07) is 8.07. The van der Waals surface area contributed by atoms with Gasteiger partial charge in [-0.05, 0) is 36.0 Å². The molecule has 0 bridgehead atoms. The Morgan fingerprint density at radius 2 is 1.48 bits per heavy atom. The highest BCUT2D eigenvalue weighted by Gasteiger charge is 2.37. The highest BCUT2D eigenvalue weighted by Crippen LogP contribution is 2.37. The molecule has 0 saturated carbocycles. The molecule has 2 aromatic carbocycles. The van der Waals surface area contributed by atoms with Gasteiger partial charge in [0.2, 0.25) is 0 Å². The van der Waals surface area contributed by atoms with Gasteiger partial charge in [0.1, 0.15) is 6.04 Å². The van der Waals surface area contributed by atoms with Gasteiger partial charge in [0.15, 0.2) is 5.11 Å². The van der Waals surface area contributed by atoms with Crippen molar-refractivity contribution in [2.45, 2.75) is 24.8 Å². The average Bonchev–Trinajstić information content (AvgIpc) is 2.60. The quantitative estimate of drug-likeness (QED) is 0.468. The second-order valence-electron chi connectivity index (χ2n) is 5.97. The molecule has 0 unspecified atom stereocenters. The van der Waals surface area contributed by atoms with Gasteiger partial charge in [0.25, 0.3) is 0 Å². The smallest absolute Gasteiger partial charge is 0.416 e. The molecule has 3 N–H and O–H groups in total. The number of halogens is 6. The van der Waals surface area contributed by atoms with Gasteiger partial charge in [-0.2, -0.15) is 26.3 Å². The van der Waals surface area contributed by atoms with E-state index in [1.165, 1.54) is 0 Å². The highest BCUT2D eigenvalue weighted by molar-refractivity contribution is 7.80. The molecule has 0 spiro atoms. The lowest BCUT2D eigenvalue weighted by Crippen LogP contribution is -2.44. The van der Waals surface area contributed by atoms with Crippen molar-refractivity contribution in [2.75, 3.05) is 5.32 Å². The van der Waals surface area contributed by atoms with Crippen LogP contribution in [0.2, 0.25) is 0 Å². The zero-order valence-electron chi connectivity index (χ0n) is 14.4. The Balaban J connectivity index is 2.21. The number of carbonyl (C=O) groups is 1. The summed E-state index contributed by atoms with van der Waals surface area (Å²) in [6.07, 6.45) is -10.0. The van der Waals surface area contributed by atoms with Gasteiger partial charge in [0, 0.05) is 12.1 Å². The third-order valence-corrected chi connectivity index (χ3v) is 3.95. The van der Waals surface area contributed by atoms with Gasteiger partial charge >= 0.3 is 18.3 Å². The molecule has 11 heteroatoms. The van der Waals surface area contributed by atoms with E-state index in [0.29, 0.717) is 17.7 Å². The first-order chi connectivity index (χ1) is 13.4. The van der Waals surface area contributed by atoms with E-state index >= 15 is 0 Å². The molecule has 0 aliphatic carbocycles. The average molecular weight is 436 g/mol. The van der Waals surface area contributed by atoms with Gasteiger partial charge in [-0.3, -0.25) is 0 Å². The van der Waals surface area contributed by atoms with Crippen LogP contribution < -0.4 is 10.6 Å². The van der Waals surface area contributed by atoms with E-state index in [-0.39, 0.29) is 12.5 Å². The molecule has 0 radical (unpaired) electrons. The summed E-state index contributed by atoms with van der Waals surface area (Å²) in [4.78, 5) is 11.4. The van der Waals surface area contributed by atoms with Crippen molar-refractivity contribution in [1.82, 2.24) is 5.32 Å². The monoisotopic (exact) mass is 436 g/mol. The van der Waals surface area contributed by atoms with Gasteiger partial charge in [-0.25, -0.2) is 4.79 Å². The zero-order chi connectivity index (χ0) is 21.8. The lowest BCUT2D eigenvalue weighted by atomic mass is 10.1. The van der Waals surface area contributed by atoms with Crippen LogP contribution in [0.3, 0.4) is 0 Å². The van der Waals surface area contributed by atoms with E-state index in [4.69, 9.17) is 12.2 Å². The Hall–Kier alpha value is -2.82. The van der Waals surface area contributed by atoms with Crippen molar-refractivity contribution in [1.29, 1.82) is 0 Å². The Kier molecular flexibility index (Phi) is 6.73. The van der Waals surface area contributed by atoms with Gasteiger partial charge in [-0.15, -0.1) is 0 Å². The number of nitrogens with one attached hydrogen (secondary N) is 2. The molecule has 0 heterocycles. The molecule has 0 aromatic heterocycles. The summed E-state index contributed by atoms with van der Waals surface area (Å²) >= 11 is 4.87. The standard InChI is InChI=1S/C18H14F6N2O2S/c19-17(20,21)11-7-12(18(22,23)24)9-13(8-11)25-16(29)26-14(15(27)28)6-10-4-2-1-3-5-10/h1-5,7-9,14H,6H2,(H,27,28)(H2,25,26,29)/t14-/m0/s1. The van der Waals surface area contributed by atoms with Crippen LogP contribution in [0.1, 0.15) is 16.7 Å². The molecule has 0 saturated heterocycles. The molecule has 1 atom stereocenters. The van der Waals surface area contributed by atoms with Crippen LogP contribution in [0, 0.1) is 0 Å². The maximum Gasteiger partial charge on any atom is 0.416 e. The number of thiocarbonyl (C=S) groups is 1. The SMILES string of the molecule is O=C(O)[C@H](Cc1ccccc1)NC(=S)Nc1cc(C(F)(F)F)cc(C(F)(F)F)c1. The van der Waals surface area contributed by atoms with Gasteiger partial charge < -0.3 is 15.7 Å². The van der Waals surface area contributed by atoms with Crippen LogP contribution in [0.15, 0.2) is 48.5 Å². The largest absolute Gasteiger partial charge is 0.480 e. The minimum atomic E-state index is -5.01. The molecule has 2 aromatic rings. The maximum absolute atomic E-state index is 12.9. The van der Waals surface area contributed by atoms with Crippen molar-refractivity contribution in [3.05, 3.63) is 65.2 Å². The number of aliphatic carboxylic acids is 1. The van der Waals surface area contributed by atoms with Crippen LogP contribution in [-0.2, 0) is 23.6 Å². The van der Waals surface area contributed by atoms with Crippen molar-refractivity contribution in [3.8, 4) is 0 Å². The summed E-state index contributed by atoms with van der Waals surface area (Å²) in [7, 11) is 0. The maximum atomic E-state index is 12.9. The predicted octanol–water partition coefficient (Wildman–Crippen LogP) is 4.71. The van der Waals surface area contributed by atoms with E-state index in [9.17, 15) is 36.2 Å². The van der Waals surface area contributed by atoms with Crippen molar-refractivity contribution in [3.63, 3.8) is 0 Å². The molecule has 29 heavy (non-hydrogen) atoms. The second kappa shape index (κ2) is 8.68.